The molecule has 26 heavy (non-hydrogen) atoms. The van der Waals surface area contributed by atoms with Crippen molar-refractivity contribution in [3.05, 3.63) is 51.3 Å². The summed E-state index contributed by atoms with van der Waals surface area (Å²) in [6, 6.07) is 3.62. The molecular weight excluding hydrogens is 438 g/mol. The second kappa shape index (κ2) is 7.41. The van der Waals surface area contributed by atoms with Crippen molar-refractivity contribution in [1.29, 1.82) is 0 Å². The molecule has 0 spiro atoms. The number of hydrogen-bond acceptors (Lipinski definition) is 8. The van der Waals surface area contributed by atoms with Gasteiger partial charge in [0.25, 0.3) is 5.91 Å². The lowest BCUT2D eigenvalue weighted by Crippen LogP contribution is -2.38. The Kier molecular flexibility index (Phi) is 5.23. The van der Waals surface area contributed by atoms with Crippen molar-refractivity contribution in [1.82, 2.24) is 4.98 Å². The first kappa shape index (κ1) is 18.3. The van der Waals surface area contributed by atoms with Gasteiger partial charge in [-0.1, -0.05) is 11.6 Å². The van der Waals surface area contributed by atoms with Crippen LogP contribution in [0.1, 0.15) is 10.4 Å². The Morgan fingerprint density at radius 1 is 1.42 bits per heavy atom. The number of ether oxygens (including phenoxy) is 1. The Labute approximate surface area is 156 Å². The molecule has 0 aliphatic carbocycles. The third kappa shape index (κ3) is 3.55. The molecule has 0 saturated heterocycles. The Morgan fingerprint density at radius 2 is 2.19 bits per heavy atom. The first-order chi connectivity index (χ1) is 12.4. The summed E-state index contributed by atoms with van der Waals surface area (Å²) < 4.78 is 31.4. The minimum absolute atomic E-state index is 0.100. The van der Waals surface area contributed by atoms with Crippen molar-refractivity contribution in [3.63, 3.8) is 0 Å². The fourth-order valence-corrected chi connectivity index (χ4v) is 3.36. The van der Waals surface area contributed by atoms with Crippen molar-refractivity contribution < 1.29 is 41.5 Å². The highest BCUT2D eigenvalue weighted by molar-refractivity contribution is 6.33. The molecule has 0 N–H and O–H groups in total. The number of nitro groups is 1. The number of carbonyl (C=O) groups excluding carboxylic acids is 1. The van der Waals surface area contributed by atoms with E-state index in [1.807, 2.05) is 0 Å². The molecule has 12 heteroatoms. The molecule has 136 valence electrons. The monoisotopic (exact) mass is 445 g/mol. The Hall–Kier alpha value is -2.47. The minimum Gasteiger partial charge on any atom is -0.489 e. The maximum Gasteiger partial charge on any atom is 0.501 e. The van der Waals surface area contributed by atoms with E-state index in [4.69, 9.17) is 16.3 Å². The van der Waals surface area contributed by atoms with Gasteiger partial charge < -0.3 is 18.0 Å². The zero-order valence-corrected chi connectivity index (χ0v) is 15.1. The molecule has 0 radical (unpaired) electrons. The zero-order chi connectivity index (χ0) is 18.8. The second-order valence-corrected chi connectivity index (χ2v) is 6.50. The number of hydrogen-bond donors (Lipinski definition) is 0. The zero-order valence-electron chi connectivity index (χ0n) is 12.8. The van der Waals surface area contributed by atoms with Crippen molar-refractivity contribution >= 4 is 28.9 Å². The quantitative estimate of drug-likeness (QED) is 0.477. The summed E-state index contributed by atoms with van der Waals surface area (Å²) in [4.78, 5) is 28.5. The summed E-state index contributed by atoms with van der Waals surface area (Å²) in [5.41, 5.74) is -0.417. The number of fused-ring (bicyclic) bond motifs is 1. The van der Waals surface area contributed by atoms with E-state index in [-0.39, 0.29) is 23.7 Å². The molecule has 0 atom stereocenters. The summed E-state index contributed by atoms with van der Waals surface area (Å²) in [6.07, 6.45) is 2.94. The fourth-order valence-electron chi connectivity index (χ4n) is 2.41. The molecule has 1 aromatic carbocycles. The van der Waals surface area contributed by atoms with Crippen LogP contribution in [0.3, 0.4) is 0 Å². The summed E-state index contributed by atoms with van der Waals surface area (Å²) in [6.45, 7) is 0.438. The van der Waals surface area contributed by atoms with Crippen LogP contribution in [-0.2, 0) is 0 Å². The highest BCUT2D eigenvalue weighted by Gasteiger charge is 2.32. The van der Waals surface area contributed by atoms with Gasteiger partial charge in [-0.25, -0.2) is 0 Å². The van der Waals surface area contributed by atoms with E-state index in [0.29, 0.717) is 11.4 Å². The molecule has 10 nitrogen and oxygen atoms in total. The SMILES string of the molecule is O=C(c1cc(Cl)c(O[Br+2]([O-])[O-])c([N+](=O)[O-])c1)N1CCOc2ccncc21. The number of amides is 1. The number of anilines is 1. The van der Waals surface area contributed by atoms with Gasteiger partial charge in [0.05, 0.1) is 17.7 Å². The third-order valence-electron chi connectivity index (χ3n) is 3.48. The molecule has 2 heterocycles. The van der Waals surface area contributed by atoms with Gasteiger partial charge in [-0.3, -0.25) is 19.9 Å². The third-order valence-corrected chi connectivity index (χ3v) is 4.35. The number of nitro benzene ring substituents is 1. The number of benzene rings is 1. The Balaban J connectivity index is 2.02. The molecule has 1 amide bonds. The van der Waals surface area contributed by atoms with E-state index in [0.717, 1.165) is 12.1 Å². The lowest BCUT2D eigenvalue weighted by atomic mass is 10.1. The Bertz CT molecular complexity index is 880. The lowest BCUT2D eigenvalue weighted by molar-refractivity contribution is -1.62. The highest BCUT2D eigenvalue weighted by atomic mass is 80.0. The van der Waals surface area contributed by atoms with E-state index >= 15 is 0 Å². The number of carbonyl (C=O) groups is 1. The summed E-state index contributed by atoms with van der Waals surface area (Å²) in [5.74, 6) is -0.753. The molecule has 1 aliphatic heterocycles. The first-order valence-electron chi connectivity index (χ1n) is 6.99. The molecule has 0 unspecified atom stereocenters. The highest BCUT2D eigenvalue weighted by Crippen LogP contribution is 2.38. The maximum atomic E-state index is 12.8. The van der Waals surface area contributed by atoms with Gasteiger partial charge in [-0.2, -0.15) is 0 Å². The van der Waals surface area contributed by atoms with Crippen LogP contribution in [0.4, 0.5) is 11.4 Å². The average Bonchev–Trinajstić information content (AvgIpc) is 2.61. The van der Waals surface area contributed by atoms with Crippen LogP contribution in [0.25, 0.3) is 0 Å². The molecule has 1 aliphatic rings. The van der Waals surface area contributed by atoms with Crippen LogP contribution >= 0.6 is 11.6 Å². The molecule has 0 fully saturated rings. The van der Waals surface area contributed by atoms with Gasteiger partial charge in [0, 0.05) is 23.9 Å². The Morgan fingerprint density at radius 3 is 2.88 bits per heavy atom. The maximum absolute atomic E-state index is 12.8. The molecule has 3 rings (SSSR count). The van der Waals surface area contributed by atoms with Crippen LogP contribution in [0.15, 0.2) is 30.6 Å². The lowest BCUT2D eigenvalue weighted by Gasteiger charge is -2.29. The van der Waals surface area contributed by atoms with Gasteiger partial charge in [0.15, 0.2) is 0 Å². The van der Waals surface area contributed by atoms with Crippen LogP contribution in [0.2, 0.25) is 5.02 Å². The standard InChI is InChI=1S/C14H9BrClN3O7/c16-9-5-8(6-10(19(23)24)13(9)26-15(21)22)14(20)18-3-4-25-12-1-2-17-7-11(12)18/h1-2,5-7H,3-4H2. The first-order valence-corrected chi connectivity index (χ1v) is 9.31. The average molecular weight is 447 g/mol. The minimum atomic E-state index is -3.79. The number of rotatable bonds is 4. The van der Waals surface area contributed by atoms with Crippen molar-refractivity contribution in [2.45, 2.75) is 0 Å². The molecule has 2 aromatic rings. The van der Waals surface area contributed by atoms with Crippen LogP contribution in [0.5, 0.6) is 11.5 Å². The molecular formula is C14H9BrClN3O7. The van der Waals surface area contributed by atoms with Gasteiger partial charge in [-0.15, -0.1) is 3.83 Å². The van der Waals surface area contributed by atoms with Crippen LogP contribution in [-0.4, -0.2) is 29.0 Å². The molecule has 0 saturated carbocycles. The number of halogens is 2. The van der Waals surface area contributed by atoms with E-state index < -0.39 is 37.1 Å². The van der Waals surface area contributed by atoms with Gasteiger partial charge in [0.1, 0.15) is 23.1 Å². The van der Waals surface area contributed by atoms with E-state index in [9.17, 15) is 23.3 Å². The van der Waals surface area contributed by atoms with Gasteiger partial charge in [0.2, 0.25) is 0 Å². The topological polar surface area (TPSA) is 141 Å². The molecule has 1 aromatic heterocycles. The predicted octanol–water partition coefficient (Wildman–Crippen LogP) is 0.147. The molecule has 0 bridgehead atoms. The van der Waals surface area contributed by atoms with Crippen molar-refractivity contribution in [3.8, 4) is 11.5 Å². The smallest absolute Gasteiger partial charge is 0.489 e. The fraction of sp³-hybridized carbons (Fsp3) is 0.143. The predicted molar refractivity (Wildman–Crippen MR) is 80.1 cm³/mol. The van der Waals surface area contributed by atoms with Crippen LogP contribution in [0, 0.1) is 24.9 Å². The normalized spacial score (nSPS) is 13.2. The largest absolute Gasteiger partial charge is 0.501 e. The summed E-state index contributed by atoms with van der Waals surface area (Å²) in [7, 11) is 0. The van der Waals surface area contributed by atoms with Crippen molar-refractivity contribution in [2.24, 2.45) is 0 Å². The van der Waals surface area contributed by atoms with E-state index in [2.05, 4.69) is 8.81 Å². The van der Waals surface area contributed by atoms with Crippen LogP contribution < -0.4 is 21.9 Å². The second-order valence-electron chi connectivity index (χ2n) is 4.98. The van der Waals surface area contributed by atoms with E-state index in [1.165, 1.54) is 17.3 Å². The van der Waals surface area contributed by atoms with Gasteiger partial charge in [-0.05, 0) is 6.07 Å². The summed E-state index contributed by atoms with van der Waals surface area (Å²) >= 11 is 2.12. The van der Waals surface area contributed by atoms with E-state index in [1.54, 1.807) is 6.07 Å². The number of aromatic nitrogens is 1. The number of nitrogens with zero attached hydrogens (tertiary/aromatic N) is 3. The van der Waals surface area contributed by atoms with Gasteiger partial charge >= 0.3 is 26.2 Å². The summed E-state index contributed by atoms with van der Waals surface area (Å²) in [5, 5.41) is 10.9. The van der Waals surface area contributed by atoms with Crippen molar-refractivity contribution in [2.75, 3.05) is 18.1 Å². The number of pyridine rings is 1.